The van der Waals surface area contributed by atoms with Gasteiger partial charge in [-0.15, -0.1) is 16.4 Å². The lowest BCUT2D eigenvalue weighted by Gasteiger charge is -1.98. The first kappa shape index (κ1) is 12.8. The number of thiophene rings is 1. The molecule has 0 saturated carbocycles. The zero-order valence-electron chi connectivity index (χ0n) is 11.1. The maximum Gasteiger partial charge on any atom is 0.322 e. The molecule has 0 spiro atoms. The fourth-order valence-corrected chi connectivity index (χ4v) is 2.61. The number of rotatable bonds is 3. The first-order chi connectivity index (χ1) is 10.8. The van der Waals surface area contributed by atoms with E-state index >= 15 is 0 Å². The Kier molecular flexibility index (Phi) is 3.01. The molecule has 1 amide bonds. The Morgan fingerprint density at radius 2 is 2.09 bits per heavy atom. The summed E-state index contributed by atoms with van der Waals surface area (Å²) in [5.41, 5.74) is 0.688. The number of nitrogens with zero attached hydrogens (tertiary/aromatic N) is 2. The van der Waals surface area contributed by atoms with E-state index in [1.165, 1.54) is 11.3 Å². The summed E-state index contributed by atoms with van der Waals surface area (Å²) in [7, 11) is 0. The summed E-state index contributed by atoms with van der Waals surface area (Å²) in [5.74, 6) is 1.31. The molecule has 7 nitrogen and oxygen atoms in total. The van der Waals surface area contributed by atoms with Gasteiger partial charge in [-0.3, -0.25) is 10.1 Å². The highest BCUT2D eigenvalue weighted by molar-refractivity contribution is 7.12. The molecule has 0 unspecified atom stereocenters. The summed E-state index contributed by atoms with van der Waals surface area (Å²) in [6, 6.07) is 8.87. The Morgan fingerprint density at radius 3 is 2.95 bits per heavy atom. The molecule has 0 aliphatic carbocycles. The van der Waals surface area contributed by atoms with Gasteiger partial charge in [0.25, 0.3) is 5.91 Å². The van der Waals surface area contributed by atoms with Crippen LogP contribution in [0.25, 0.3) is 11.5 Å². The van der Waals surface area contributed by atoms with Gasteiger partial charge in [0.1, 0.15) is 0 Å². The van der Waals surface area contributed by atoms with E-state index in [4.69, 9.17) is 13.9 Å². The molecule has 3 aromatic rings. The number of hydrogen-bond donors (Lipinski definition) is 1. The lowest BCUT2D eigenvalue weighted by atomic mass is 10.2. The number of carbonyl (C=O) groups excluding carboxylic acids is 1. The maximum atomic E-state index is 11.9. The maximum absolute atomic E-state index is 11.9. The van der Waals surface area contributed by atoms with E-state index in [-0.39, 0.29) is 18.7 Å². The van der Waals surface area contributed by atoms with E-state index in [9.17, 15) is 4.79 Å². The van der Waals surface area contributed by atoms with Crippen LogP contribution in [0, 0.1) is 0 Å². The van der Waals surface area contributed by atoms with Gasteiger partial charge in [-0.05, 0) is 29.6 Å². The van der Waals surface area contributed by atoms with E-state index in [0.717, 1.165) is 0 Å². The van der Waals surface area contributed by atoms with Crippen LogP contribution in [0.1, 0.15) is 9.67 Å². The van der Waals surface area contributed by atoms with Crippen LogP contribution in [-0.4, -0.2) is 22.9 Å². The molecule has 0 saturated heterocycles. The van der Waals surface area contributed by atoms with Gasteiger partial charge in [0.2, 0.25) is 12.7 Å². The van der Waals surface area contributed by atoms with Gasteiger partial charge in [-0.1, -0.05) is 11.2 Å². The van der Waals surface area contributed by atoms with Crippen molar-refractivity contribution in [3.05, 3.63) is 40.6 Å². The molecule has 2 aromatic heterocycles. The topological polar surface area (TPSA) is 86.5 Å². The number of hydrogen-bond acceptors (Lipinski definition) is 7. The van der Waals surface area contributed by atoms with Crippen LogP contribution in [0.3, 0.4) is 0 Å². The second-order valence-electron chi connectivity index (χ2n) is 4.41. The van der Waals surface area contributed by atoms with Crippen molar-refractivity contribution in [2.45, 2.75) is 0 Å². The number of fused-ring (bicyclic) bond motifs is 1. The average molecular weight is 315 g/mol. The number of nitrogens with one attached hydrogen (secondary N) is 1. The third kappa shape index (κ3) is 2.29. The van der Waals surface area contributed by atoms with Crippen molar-refractivity contribution in [3.8, 4) is 23.0 Å². The number of carbonyl (C=O) groups is 1. The van der Waals surface area contributed by atoms with Crippen molar-refractivity contribution in [3.63, 3.8) is 0 Å². The molecule has 0 radical (unpaired) electrons. The molecule has 8 heteroatoms. The quantitative estimate of drug-likeness (QED) is 0.800. The minimum Gasteiger partial charge on any atom is -0.454 e. The predicted molar refractivity (Wildman–Crippen MR) is 78.1 cm³/mol. The van der Waals surface area contributed by atoms with Crippen molar-refractivity contribution in [1.82, 2.24) is 10.2 Å². The Morgan fingerprint density at radius 1 is 1.18 bits per heavy atom. The third-order valence-electron chi connectivity index (χ3n) is 3.01. The smallest absolute Gasteiger partial charge is 0.322 e. The van der Waals surface area contributed by atoms with Gasteiger partial charge >= 0.3 is 6.01 Å². The molecule has 0 atom stereocenters. The average Bonchev–Trinajstić information content (AvgIpc) is 3.27. The van der Waals surface area contributed by atoms with Crippen LogP contribution in [0.15, 0.2) is 40.1 Å². The highest BCUT2D eigenvalue weighted by Gasteiger charge is 2.17. The molecule has 1 aliphatic rings. The number of ether oxygens (including phenoxy) is 2. The van der Waals surface area contributed by atoms with E-state index in [1.54, 1.807) is 30.3 Å². The monoisotopic (exact) mass is 315 g/mol. The van der Waals surface area contributed by atoms with Gasteiger partial charge in [-0.25, -0.2) is 0 Å². The standard InChI is InChI=1S/C14H9N3O4S/c18-12(11-2-1-5-22-11)15-14-17-16-13(21-14)8-3-4-9-10(6-8)20-7-19-9/h1-6H,7H2,(H,15,17,18). The molecule has 1 aliphatic heterocycles. The van der Waals surface area contributed by atoms with Crippen LogP contribution in [0.5, 0.6) is 11.5 Å². The van der Waals surface area contributed by atoms with Gasteiger partial charge in [0, 0.05) is 5.56 Å². The van der Waals surface area contributed by atoms with Crippen LogP contribution >= 0.6 is 11.3 Å². The molecule has 0 bridgehead atoms. The summed E-state index contributed by atoms with van der Waals surface area (Å²) < 4.78 is 16.0. The Hall–Kier alpha value is -2.87. The summed E-state index contributed by atoms with van der Waals surface area (Å²) in [6.07, 6.45) is 0. The highest BCUT2D eigenvalue weighted by Crippen LogP contribution is 2.35. The van der Waals surface area contributed by atoms with Crippen molar-refractivity contribution in [1.29, 1.82) is 0 Å². The largest absolute Gasteiger partial charge is 0.454 e. The second-order valence-corrected chi connectivity index (χ2v) is 5.36. The molecule has 4 rings (SSSR count). The minimum absolute atomic E-state index is 0.0473. The molecular formula is C14H9N3O4S. The Bertz CT molecular complexity index is 828. The zero-order valence-corrected chi connectivity index (χ0v) is 11.9. The summed E-state index contributed by atoms with van der Waals surface area (Å²) in [5, 5.41) is 12.1. The minimum atomic E-state index is -0.282. The van der Waals surface area contributed by atoms with Crippen LogP contribution in [0.2, 0.25) is 0 Å². The molecule has 1 N–H and O–H groups in total. The summed E-state index contributed by atoms with van der Waals surface area (Å²) >= 11 is 1.33. The van der Waals surface area contributed by atoms with E-state index < -0.39 is 0 Å². The third-order valence-corrected chi connectivity index (χ3v) is 3.88. The predicted octanol–water partition coefficient (Wildman–Crippen LogP) is 2.78. The van der Waals surface area contributed by atoms with Gasteiger partial charge in [0.15, 0.2) is 11.5 Å². The zero-order chi connectivity index (χ0) is 14.9. The lowest BCUT2D eigenvalue weighted by molar-refractivity contribution is 0.102. The van der Waals surface area contributed by atoms with E-state index in [1.807, 2.05) is 5.38 Å². The molecule has 1 aromatic carbocycles. The first-order valence-electron chi connectivity index (χ1n) is 6.38. The van der Waals surface area contributed by atoms with Crippen molar-refractivity contribution in [2.75, 3.05) is 12.1 Å². The molecule has 22 heavy (non-hydrogen) atoms. The Labute approximate surface area is 128 Å². The van der Waals surface area contributed by atoms with E-state index in [0.29, 0.717) is 27.8 Å². The van der Waals surface area contributed by atoms with Gasteiger partial charge < -0.3 is 13.9 Å². The van der Waals surface area contributed by atoms with Crippen LogP contribution in [0.4, 0.5) is 6.01 Å². The van der Waals surface area contributed by atoms with Gasteiger partial charge in [-0.2, -0.15) is 0 Å². The van der Waals surface area contributed by atoms with E-state index in [2.05, 4.69) is 15.5 Å². The number of aromatic nitrogens is 2. The van der Waals surface area contributed by atoms with Crippen LogP contribution in [-0.2, 0) is 0 Å². The second kappa shape index (κ2) is 5.15. The van der Waals surface area contributed by atoms with Crippen LogP contribution < -0.4 is 14.8 Å². The fourth-order valence-electron chi connectivity index (χ4n) is 1.99. The number of benzene rings is 1. The van der Waals surface area contributed by atoms with Gasteiger partial charge in [0.05, 0.1) is 4.88 Å². The number of anilines is 1. The fraction of sp³-hybridized carbons (Fsp3) is 0.0714. The molecular weight excluding hydrogens is 306 g/mol. The normalized spacial score (nSPS) is 12.4. The molecule has 3 heterocycles. The Balaban J connectivity index is 1.55. The number of amides is 1. The van der Waals surface area contributed by atoms with Crippen molar-refractivity contribution in [2.24, 2.45) is 0 Å². The SMILES string of the molecule is O=C(Nc1nnc(-c2ccc3c(c2)OCO3)o1)c1cccs1. The first-order valence-corrected chi connectivity index (χ1v) is 7.26. The molecule has 0 fully saturated rings. The summed E-state index contributed by atoms with van der Waals surface area (Å²) in [6.45, 7) is 0.199. The highest BCUT2D eigenvalue weighted by atomic mass is 32.1. The van der Waals surface area contributed by atoms with Crippen molar-refractivity contribution >= 4 is 23.3 Å². The molecule has 110 valence electrons. The van der Waals surface area contributed by atoms with Crippen molar-refractivity contribution < 1.29 is 18.7 Å². The summed E-state index contributed by atoms with van der Waals surface area (Å²) in [4.78, 5) is 12.5. The lowest BCUT2D eigenvalue weighted by Crippen LogP contribution is -2.10.